The van der Waals surface area contributed by atoms with E-state index in [1.807, 2.05) is 0 Å². The molecule has 1 saturated carbocycles. The molecule has 0 aromatic carbocycles. The van der Waals surface area contributed by atoms with Gasteiger partial charge in [0.1, 0.15) is 0 Å². The monoisotopic (exact) mass is 525 g/mol. The third kappa shape index (κ3) is 84.0. The first-order valence-electron chi connectivity index (χ1n) is 15.6. The van der Waals surface area contributed by atoms with E-state index in [0.29, 0.717) is 0 Å². The lowest BCUT2D eigenvalue weighted by Crippen LogP contribution is -1.83. The largest absolute Gasteiger partial charge is 0.397 e. The zero-order chi connectivity index (χ0) is 28.4. The molecule has 0 aromatic rings. The van der Waals surface area contributed by atoms with E-state index < -0.39 is 0 Å². The minimum Gasteiger partial charge on any atom is -0.397 e. The van der Waals surface area contributed by atoms with Gasteiger partial charge < -0.3 is 25.5 Å². The van der Waals surface area contributed by atoms with Gasteiger partial charge >= 0.3 is 0 Å². The van der Waals surface area contributed by atoms with Gasteiger partial charge in [-0.25, -0.2) is 0 Å². The van der Waals surface area contributed by atoms with Crippen LogP contribution in [-0.4, -0.2) is 58.6 Å². The van der Waals surface area contributed by atoms with Crippen LogP contribution in [0.5, 0.6) is 0 Å². The molecule has 0 saturated heterocycles. The molecule has 0 heterocycles. The van der Waals surface area contributed by atoms with Crippen LogP contribution in [0.25, 0.3) is 0 Å². The van der Waals surface area contributed by atoms with Crippen LogP contribution in [0.1, 0.15) is 169 Å². The molecule has 1 fully saturated rings. The lowest BCUT2D eigenvalue weighted by Gasteiger charge is -2.03. The van der Waals surface area contributed by atoms with E-state index in [-0.39, 0.29) is 33.0 Å². The first-order chi connectivity index (χ1) is 17.6. The summed E-state index contributed by atoms with van der Waals surface area (Å²) in [5, 5.41) is 37.8. The third-order valence-corrected chi connectivity index (χ3v) is 5.25. The van der Waals surface area contributed by atoms with Crippen molar-refractivity contribution in [3.63, 3.8) is 0 Å². The van der Waals surface area contributed by atoms with Gasteiger partial charge in [-0.15, -0.1) is 0 Å². The second-order valence-corrected chi connectivity index (χ2v) is 9.01. The maximum absolute atomic E-state index is 7.57. The van der Waals surface area contributed by atoms with E-state index >= 15 is 0 Å². The summed E-state index contributed by atoms with van der Waals surface area (Å²) in [6.07, 6.45) is 31.5. The Hall–Kier alpha value is -0.200. The molecule has 1 aliphatic rings. The summed E-state index contributed by atoms with van der Waals surface area (Å²) in [7, 11) is 0. The summed E-state index contributed by atoms with van der Waals surface area (Å²) >= 11 is 0. The molecule has 1 aliphatic carbocycles. The molecule has 0 bridgehead atoms. The predicted octanol–water partition coefficient (Wildman–Crippen LogP) is 8.19. The average Bonchev–Trinajstić information content (AvgIpc) is 2.83. The zero-order valence-corrected chi connectivity index (χ0v) is 25.6. The van der Waals surface area contributed by atoms with Crippen molar-refractivity contribution < 1.29 is 25.5 Å². The van der Waals surface area contributed by atoms with Crippen molar-refractivity contribution in [3.8, 4) is 0 Å². The highest BCUT2D eigenvalue weighted by Gasteiger charge is 1.97. The second-order valence-electron chi connectivity index (χ2n) is 9.01. The SMILES string of the molecule is C1CCCCCCCCCCCCCCCCCCCC1.CCO.CCO.CCO.CCO.CCO. The van der Waals surface area contributed by atoms with Gasteiger partial charge in [-0.1, -0.05) is 135 Å². The molecule has 0 radical (unpaired) electrons. The number of hydrogen-bond acceptors (Lipinski definition) is 5. The van der Waals surface area contributed by atoms with Crippen LogP contribution >= 0.6 is 0 Å². The summed E-state index contributed by atoms with van der Waals surface area (Å²) in [6.45, 7) is 9.65. The fourth-order valence-corrected chi connectivity index (χ4v) is 3.71. The van der Waals surface area contributed by atoms with E-state index in [2.05, 4.69) is 0 Å². The normalized spacial score (nSPS) is 16.5. The van der Waals surface area contributed by atoms with Crippen molar-refractivity contribution in [1.29, 1.82) is 0 Å². The van der Waals surface area contributed by atoms with Crippen LogP contribution in [0.15, 0.2) is 0 Å². The molecule has 5 heteroatoms. The molecule has 0 aliphatic heterocycles. The Kier molecular flexibility index (Phi) is 75.8. The Morgan fingerprint density at radius 2 is 0.250 bits per heavy atom. The van der Waals surface area contributed by atoms with E-state index in [1.54, 1.807) is 34.6 Å². The zero-order valence-electron chi connectivity index (χ0n) is 25.6. The first kappa shape index (κ1) is 45.7. The first-order valence-corrected chi connectivity index (χ1v) is 15.6. The molecule has 0 spiro atoms. The minimum absolute atomic E-state index is 0.250. The van der Waals surface area contributed by atoms with Crippen LogP contribution in [0.2, 0.25) is 0 Å². The van der Waals surface area contributed by atoms with Gasteiger partial charge in [0, 0.05) is 33.0 Å². The molecule has 0 amide bonds. The Morgan fingerprint density at radius 3 is 0.278 bits per heavy atom. The minimum atomic E-state index is 0.250. The third-order valence-electron chi connectivity index (χ3n) is 5.25. The quantitative estimate of drug-likeness (QED) is 0.220. The Labute approximate surface area is 228 Å². The Morgan fingerprint density at radius 1 is 0.222 bits per heavy atom. The number of aliphatic hydroxyl groups excluding tert-OH is 5. The number of aliphatic hydroxyl groups is 5. The lowest BCUT2D eigenvalue weighted by molar-refractivity contribution is 0.318. The fraction of sp³-hybridized carbons (Fsp3) is 1.00. The van der Waals surface area contributed by atoms with Crippen LogP contribution in [0.3, 0.4) is 0 Å². The Bertz CT molecular complexity index is 162. The van der Waals surface area contributed by atoms with Crippen molar-refractivity contribution in [2.75, 3.05) is 33.0 Å². The van der Waals surface area contributed by atoms with Gasteiger partial charge in [-0.05, 0) is 34.6 Å². The van der Waals surface area contributed by atoms with Gasteiger partial charge in [0.25, 0.3) is 0 Å². The standard InChI is InChI=1S/C21H42.5C2H6O/c1-2-4-6-8-10-12-14-16-18-20-21-19-17-15-13-11-9-7-5-3-1;5*1-2-3/h1-21H2;5*3H,2H2,1H3. The highest BCUT2D eigenvalue weighted by Crippen LogP contribution is 2.16. The van der Waals surface area contributed by atoms with E-state index in [1.165, 1.54) is 135 Å². The van der Waals surface area contributed by atoms with Crippen molar-refractivity contribution in [2.24, 2.45) is 0 Å². The molecule has 5 N–H and O–H groups in total. The van der Waals surface area contributed by atoms with Crippen molar-refractivity contribution in [1.82, 2.24) is 0 Å². The molecule has 226 valence electrons. The summed E-state index contributed by atoms with van der Waals surface area (Å²) in [6, 6.07) is 0. The molecular formula is C31H72O5. The van der Waals surface area contributed by atoms with Gasteiger partial charge in [-0.2, -0.15) is 0 Å². The molecule has 0 unspecified atom stereocenters. The predicted molar refractivity (Wildman–Crippen MR) is 161 cm³/mol. The van der Waals surface area contributed by atoms with Crippen LogP contribution in [0.4, 0.5) is 0 Å². The van der Waals surface area contributed by atoms with E-state index in [9.17, 15) is 0 Å². The molecular weight excluding hydrogens is 452 g/mol. The van der Waals surface area contributed by atoms with Crippen LogP contribution < -0.4 is 0 Å². The van der Waals surface area contributed by atoms with E-state index in [0.717, 1.165) is 0 Å². The molecule has 0 aromatic heterocycles. The van der Waals surface area contributed by atoms with Gasteiger partial charge in [0.15, 0.2) is 0 Å². The van der Waals surface area contributed by atoms with Crippen LogP contribution in [0, 0.1) is 0 Å². The Balaban J connectivity index is -0.000000176. The highest BCUT2D eigenvalue weighted by molar-refractivity contribution is 4.52. The van der Waals surface area contributed by atoms with Gasteiger partial charge in [-0.3, -0.25) is 0 Å². The molecule has 1 rings (SSSR count). The van der Waals surface area contributed by atoms with Crippen molar-refractivity contribution >= 4 is 0 Å². The number of rotatable bonds is 0. The lowest BCUT2D eigenvalue weighted by atomic mass is 10.0. The average molecular weight is 525 g/mol. The fourth-order valence-electron chi connectivity index (χ4n) is 3.71. The van der Waals surface area contributed by atoms with Crippen molar-refractivity contribution in [2.45, 2.75) is 169 Å². The topological polar surface area (TPSA) is 101 Å². The van der Waals surface area contributed by atoms with Crippen molar-refractivity contribution in [3.05, 3.63) is 0 Å². The molecule has 0 atom stereocenters. The second kappa shape index (κ2) is 59.7. The number of hydrogen-bond donors (Lipinski definition) is 5. The van der Waals surface area contributed by atoms with Gasteiger partial charge in [0.05, 0.1) is 0 Å². The maximum Gasteiger partial charge on any atom is 0.0402 e. The van der Waals surface area contributed by atoms with Gasteiger partial charge in [0.2, 0.25) is 0 Å². The van der Waals surface area contributed by atoms with E-state index in [4.69, 9.17) is 25.5 Å². The highest BCUT2D eigenvalue weighted by atomic mass is 16.3. The summed E-state index contributed by atoms with van der Waals surface area (Å²) in [5.41, 5.74) is 0. The smallest absolute Gasteiger partial charge is 0.0402 e. The summed E-state index contributed by atoms with van der Waals surface area (Å²) < 4.78 is 0. The maximum atomic E-state index is 7.57. The summed E-state index contributed by atoms with van der Waals surface area (Å²) in [5.74, 6) is 0. The van der Waals surface area contributed by atoms with Crippen LogP contribution in [-0.2, 0) is 0 Å². The molecule has 5 nitrogen and oxygen atoms in total. The molecule has 36 heavy (non-hydrogen) atoms. The summed E-state index contributed by atoms with van der Waals surface area (Å²) in [4.78, 5) is 0.